The Morgan fingerprint density at radius 2 is 1.74 bits per heavy atom. The molecule has 3 aliphatic rings. The number of hydrogen-bond donors (Lipinski definition) is 8. The summed E-state index contributed by atoms with van der Waals surface area (Å²) in [7, 11) is 0. The van der Waals surface area contributed by atoms with Gasteiger partial charge >= 0.3 is 6.09 Å². The van der Waals surface area contributed by atoms with E-state index < -0.39 is 90.2 Å². The first-order valence-electron chi connectivity index (χ1n) is 19.5. The van der Waals surface area contributed by atoms with Crippen molar-refractivity contribution in [2.75, 3.05) is 23.7 Å². The Hall–Kier alpha value is -6.78. The number of nitrogens with zero attached hydrogens (tertiary/aromatic N) is 5. The lowest BCUT2D eigenvalue weighted by atomic mass is 9.95. The number of ether oxygens (including phenoxy) is 2. The maximum atomic E-state index is 13.5. The van der Waals surface area contributed by atoms with Crippen LogP contribution in [0.1, 0.15) is 45.6 Å². The molecule has 5 heterocycles. The lowest BCUT2D eigenvalue weighted by Gasteiger charge is -2.42. The SMILES string of the molecule is C=C(C)[C@H](NC(=O)CCN1C(=O)C=CC1=O)C(=O)N[C@@H](C)C(=O)Nc1ccc(COC(=O)N2CCC[C@H]2C(=O)N[C@@H]2[C@@H](O)[C@H](O)[C@@H](Nc3ncnc4nc[nH]c34)O[C@H]2C)cc1. The minimum absolute atomic E-state index is 0.149. The van der Waals surface area contributed by atoms with Crippen LogP contribution >= 0.6 is 0 Å². The van der Waals surface area contributed by atoms with Gasteiger partial charge in [0.15, 0.2) is 17.7 Å². The maximum Gasteiger partial charge on any atom is 0.410 e. The maximum absolute atomic E-state index is 13.5. The van der Waals surface area contributed by atoms with Crippen molar-refractivity contribution in [2.45, 2.75) is 95.3 Å². The molecule has 0 saturated carbocycles. The molecule has 2 aromatic heterocycles. The lowest BCUT2D eigenvalue weighted by molar-refractivity contribution is -0.173. The van der Waals surface area contributed by atoms with Gasteiger partial charge in [0, 0.05) is 37.3 Å². The highest BCUT2D eigenvalue weighted by Crippen LogP contribution is 2.26. The smallest absolute Gasteiger partial charge is 0.410 e. The zero-order valence-electron chi connectivity index (χ0n) is 33.5. The number of imide groups is 1. The number of aromatic nitrogens is 4. The fourth-order valence-electron chi connectivity index (χ4n) is 6.95. The van der Waals surface area contributed by atoms with Gasteiger partial charge < -0.3 is 51.3 Å². The summed E-state index contributed by atoms with van der Waals surface area (Å²) in [4.78, 5) is 106. The van der Waals surface area contributed by atoms with Crippen molar-refractivity contribution in [3.05, 3.63) is 66.8 Å². The highest BCUT2D eigenvalue weighted by atomic mass is 16.6. The second-order valence-corrected chi connectivity index (χ2v) is 14.8. The Morgan fingerprint density at radius 1 is 1.02 bits per heavy atom. The third kappa shape index (κ3) is 10.3. The van der Waals surface area contributed by atoms with Crippen LogP contribution in [0.4, 0.5) is 16.3 Å². The number of H-pyrrole nitrogens is 1. The zero-order chi connectivity index (χ0) is 44.0. The number of amides is 7. The van der Waals surface area contributed by atoms with E-state index in [0.29, 0.717) is 41.1 Å². The van der Waals surface area contributed by atoms with Gasteiger partial charge in [-0.15, -0.1) is 0 Å². The summed E-state index contributed by atoms with van der Waals surface area (Å²) in [5.74, 6) is -3.18. The van der Waals surface area contributed by atoms with Crippen LogP contribution in [0.15, 0.2) is 61.2 Å². The average Bonchev–Trinajstić information content (AvgIpc) is 4.00. The van der Waals surface area contributed by atoms with Crippen LogP contribution in [0.2, 0.25) is 0 Å². The van der Waals surface area contributed by atoms with Crippen molar-refractivity contribution in [3.63, 3.8) is 0 Å². The summed E-state index contributed by atoms with van der Waals surface area (Å²) in [6, 6.07) is 2.26. The number of anilines is 2. The molecule has 8 N–H and O–H groups in total. The molecule has 0 aliphatic carbocycles. The molecule has 6 rings (SSSR count). The van der Waals surface area contributed by atoms with Crippen LogP contribution in [0.5, 0.6) is 0 Å². The van der Waals surface area contributed by atoms with Crippen molar-refractivity contribution in [2.24, 2.45) is 0 Å². The molecule has 2 saturated heterocycles. The lowest BCUT2D eigenvalue weighted by Crippen LogP contribution is -2.65. The van der Waals surface area contributed by atoms with Crippen LogP contribution in [-0.4, -0.2) is 143 Å². The Morgan fingerprint density at radius 3 is 2.44 bits per heavy atom. The van der Waals surface area contributed by atoms with E-state index in [9.17, 15) is 43.8 Å². The van der Waals surface area contributed by atoms with Crippen LogP contribution in [0.25, 0.3) is 11.2 Å². The van der Waals surface area contributed by atoms with Gasteiger partial charge in [0.05, 0.1) is 18.5 Å². The molecule has 0 spiro atoms. The molecule has 3 aromatic rings. The van der Waals surface area contributed by atoms with E-state index >= 15 is 0 Å². The normalized spacial score (nSPS) is 23.3. The second kappa shape index (κ2) is 19.1. The fraction of sp³-hybridized carbons (Fsp3) is 0.436. The number of imidazole rings is 1. The number of hydrogen-bond acceptors (Lipinski definition) is 15. The van der Waals surface area contributed by atoms with E-state index in [1.54, 1.807) is 31.2 Å². The first-order chi connectivity index (χ1) is 29.1. The third-order valence-electron chi connectivity index (χ3n) is 10.4. The molecule has 61 heavy (non-hydrogen) atoms. The monoisotopic (exact) mass is 845 g/mol. The number of aromatic amines is 1. The van der Waals surface area contributed by atoms with Gasteiger partial charge in [-0.25, -0.2) is 19.7 Å². The Labute approximate surface area is 348 Å². The number of likely N-dealkylation sites (tertiary alicyclic amines) is 1. The van der Waals surface area contributed by atoms with Gasteiger partial charge in [-0.1, -0.05) is 18.7 Å². The Balaban J connectivity index is 0.938. The molecular formula is C39H47N11O11. The van der Waals surface area contributed by atoms with Crippen molar-refractivity contribution < 1.29 is 53.2 Å². The number of fused-ring (bicyclic) bond motifs is 1. The zero-order valence-corrected chi connectivity index (χ0v) is 33.5. The molecule has 0 unspecified atom stereocenters. The third-order valence-corrected chi connectivity index (χ3v) is 10.4. The minimum atomic E-state index is -1.47. The van der Waals surface area contributed by atoms with Crippen molar-refractivity contribution >= 4 is 64.2 Å². The minimum Gasteiger partial charge on any atom is -0.445 e. The van der Waals surface area contributed by atoms with Gasteiger partial charge in [-0.05, 0) is 56.9 Å². The second-order valence-electron chi connectivity index (χ2n) is 14.8. The van der Waals surface area contributed by atoms with Gasteiger partial charge in [0.25, 0.3) is 11.8 Å². The summed E-state index contributed by atoms with van der Waals surface area (Å²) in [5.41, 5.74) is 2.11. The topological polar surface area (TPSA) is 300 Å². The average molecular weight is 846 g/mol. The summed E-state index contributed by atoms with van der Waals surface area (Å²) < 4.78 is 11.5. The van der Waals surface area contributed by atoms with E-state index in [4.69, 9.17) is 9.47 Å². The quantitative estimate of drug-likeness (QED) is 0.0696. The molecule has 7 amide bonds. The van der Waals surface area contributed by atoms with E-state index in [1.807, 2.05) is 0 Å². The van der Waals surface area contributed by atoms with Crippen LogP contribution < -0.4 is 26.6 Å². The van der Waals surface area contributed by atoms with Gasteiger partial charge in [0.1, 0.15) is 48.8 Å². The van der Waals surface area contributed by atoms with Crippen molar-refractivity contribution in [1.82, 2.24) is 45.7 Å². The molecule has 3 aliphatic heterocycles. The Bertz CT molecular complexity index is 2200. The van der Waals surface area contributed by atoms with Crippen LogP contribution in [-0.2, 0) is 44.8 Å². The molecule has 324 valence electrons. The van der Waals surface area contributed by atoms with Crippen molar-refractivity contribution in [3.8, 4) is 0 Å². The number of nitrogens with one attached hydrogen (secondary N) is 6. The molecule has 2 fully saturated rings. The number of aliphatic hydroxyl groups excluding tert-OH is 2. The molecule has 22 nitrogen and oxygen atoms in total. The Kier molecular flexibility index (Phi) is 13.7. The van der Waals surface area contributed by atoms with Crippen LogP contribution in [0, 0.1) is 0 Å². The standard InChI is InChI=1S/C39H47N11O11/c1-19(2)28(46-25(51)13-15-50-26(52)11-12-27(50)53)37(58)44-20(3)35(56)45-23-9-7-22(8-10-23)16-60-39(59)49-14-5-6-24(49)36(57)47-29-21(4)61-38(32(55)31(29)54)48-34-30-33(41-17-40-30)42-18-43-34/h7-12,17-18,20-21,24,28-29,31-32,38,54-55H,1,5-6,13-16H2,2-4H3,(H,44,58)(H,45,56)(H,46,51)(H,47,57)(H2,40,41,42,43,48)/t20-,21-,24-,28-,29-,31+,32-,38-/m0/s1. The van der Waals surface area contributed by atoms with Crippen molar-refractivity contribution in [1.29, 1.82) is 0 Å². The largest absolute Gasteiger partial charge is 0.445 e. The van der Waals surface area contributed by atoms with E-state index in [0.717, 1.165) is 17.1 Å². The van der Waals surface area contributed by atoms with Gasteiger partial charge in [-0.3, -0.25) is 38.6 Å². The highest BCUT2D eigenvalue weighted by molar-refractivity contribution is 6.13. The summed E-state index contributed by atoms with van der Waals surface area (Å²) in [6.45, 7) is 8.29. The molecule has 1 aromatic carbocycles. The first kappa shape index (κ1) is 43.8. The predicted molar refractivity (Wildman–Crippen MR) is 213 cm³/mol. The number of benzene rings is 1. The number of carbonyl (C=O) groups excluding carboxylic acids is 7. The molecule has 22 heteroatoms. The first-order valence-corrected chi connectivity index (χ1v) is 19.5. The number of carbonyl (C=O) groups is 7. The molecule has 8 atom stereocenters. The number of rotatable bonds is 15. The number of aliphatic hydroxyl groups is 2. The van der Waals surface area contributed by atoms with Gasteiger partial charge in [-0.2, -0.15) is 0 Å². The fourth-order valence-corrected chi connectivity index (χ4v) is 6.95. The molecular weight excluding hydrogens is 798 g/mol. The van der Waals surface area contributed by atoms with Gasteiger partial charge in [0.2, 0.25) is 23.6 Å². The van der Waals surface area contributed by atoms with E-state index in [2.05, 4.69) is 53.1 Å². The molecule has 0 bridgehead atoms. The summed E-state index contributed by atoms with van der Waals surface area (Å²) >= 11 is 0. The van der Waals surface area contributed by atoms with E-state index in [-0.39, 0.29) is 31.7 Å². The highest BCUT2D eigenvalue weighted by Gasteiger charge is 2.45. The summed E-state index contributed by atoms with van der Waals surface area (Å²) in [5, 5.41) is 35.4. The molecule has 0 radical (unpaired) electrons. The van der Waals surface area contributed by atoms with Crippen LogP contribution in [0.3, 0.4) is 0 Å². The van der Waals surface area contributed by atoms with E-state index in [1.165, 1.54) is 31.4 Å². The predicted octanol–water partition coefficient (Wildman–Crippen LogP) is -0.663. The summed E-state index contributed by atoms with van der Waals surface area (Å²) in [6.07, 6.45) is 0.0908.